The van der Waals surface area contributed by atoms with Crippen molar-refractivity contribution < 1.29 is 13.5 Å². The Morgan fingerprint density at radius 1 is 0.960 bits per heavy atom. The molecule has 2 aromatic carbocycles. The number of hydrogen-bond acceptors (Lipinski definition) is 3. The molecule has 0 amide bonds. The van der Waals surface area contributed by atoms with Crippen LogP contribution in [0.4, 0.5) is 8.78 Å². The summed E-state index contributed by atoms with van der Waals surface area (Å²) < 4.78 is 31.9. The summed E-state index contributed by atoms with van der Waals surface area (Å²) >= 11 is 0. The van der Waals surface area contributed by atoms with Gasteiger partial charge in [-0.2, -0.15) is 0 Å². The molecule has 1 aliphatic rings. The molecule has 5 heteroatoms. The molecule has 1 saturated heterocycles. The Labute approximate surface area is 147 Å². The normalized spacial score (nSPS) is 17.4. The third kappa shape index (κ3) is 4.35. The van der Waals surface area contributed by atoms with Crippen LogP contribution in [0.25, 0.3) is 0 Å². The summed E-state index contributed by atoms with van der Waals surface area (Å²) in [6, 6.07) is 11.6. The molecule has 2 aromatic rings. The highest BCUT2D eigenvalue weighted by Gasteiger charge is 2.22. The lowest BCUT2D eigenvalue weighted by Gasteiger charge is -2.38. The molecule has 0 bridgehead atoms. The molecule has 0 aliphatic carbocycles. The SMILES string of the molecule is COc1ccc(F)cc1CN1CCN(C(C)c2ccc(F)cc2)CC1. The Bertz CT molecular complexity index is 697. The zero-order valence-electron chi connectivity index (χ0n) is 14.7. The number of hydrogen-bond donors (Lipinski definition) is 0. The minimum Gasteiger partial charge on any atom is -0.496 e. The van der Waals surface area contributed by atoms with Crippen molar-refractivity contribution in [2.75, 3.05) is 33.3 Å². The van der Waals surface area contributed by atoms with Crippen LogP contribution < -0.4 is 4.74 Å². The fourth-order valence-corrected chi connectivity index (χ4v) is 3.37. The molecule has 3 nitrogen and oxygen atoms in total. The van der Waals surface area contributed by atoms with Crippen molar-refractivity contribution in [2.45, 2.75) is 19.5 Å². The second-order valence-electron chi connectivity index (χ2n) is 6.50. The Hall–Kier alpha value is -1.98. The van der Waals surface area contributed by atoms with Crippen molar-refractivity contribution in [2.24, 2.45) is 0 Å². The number of methoxy groups -OCH3 is 1. The van der Waals surface area contributed by atoms with Crippen molar-refractivity contribution in [3.05, 3.63) is 65.2 Å². The van der Waals surface area contributed by atoms with E-state index in [1.54, 1.807) is 19.2 Å². The minimum absolute atomic E-state index is 0.204. The van der Waals surface area contributed by atoms with Gasteiger partial charge in [0.15, 0.2) is 0 Å². The van der Waals surface area contributed by atoms with Crippen LogP contribution in [0.15, 0.2) is 42.5 Å². The maximum atomic E-state index is 13.5. The van der Waals surface area contributed by atoms with Crippen molar-refractivity contribution >= 4 is 0 Å². The first-order valence-corrected chi connectivity index (χ1v) is 8.61. The summed E-state index contributed by atoms with van der Waals surface area (Å²) in [6.45, 7) is 6.50. The molecule has 134 valence electrons. The van der Waals surface area contributed by atoms with Gasteiger partial charge in [-0.05, 0) is 42.8 Å². The highest BCUT2D eigenvalue weighted by molar-refractivity contribution is 5.33. The zero-order chi connectivity index (χ0) is 17.8. The van der Waals surface area contributed by atoms with Crippen LogP contribution in [0.1, 0.15) is 24.1 Å². The Balaban J connectivity index is 1.58. The number of piperazine rings is 1. The zero-order valence-corrected chi connectivity index (χ0v) is 14.7. The topological polar surface area (TPSA) is 15.7 Å². The van der Waals surface area contributed by atoms with E-state index in [0.29, 0.717) is 6.54 Å². The van der Waals surface area contributed by atoms with E-state index in [2.05, 4.69) is 16.7 Å². The van der Waals surface area contributed by atoms with Gasteiger partial charge in [-0.3, -0.25) is 9.80 Å². The van der Waals surface area contributed by atoms with E-state index in [-0.39, 0.29) is 17.7 Å². The first-order chi connectivity index (χ1) is 12.1. The second-order valence-corrected chi connectivity index (χ2v) is 6.50. The lowest BCUT2D eigenvalue weighted by molar-refractivity contribution is 0.0972. The standard InChI is InChI=1S/C20H24F2N2O/c1-15(16-3-5-18(21)6-4-16)24-11-9-23(10-12-24)14-17-13-19(22)7-8-20(17)25-2/h3-8,13,15H,9-12,14H2,1-2H3. The largest absolute Gasteiger partial charge is 0.496 e. The molecule has 0 saturated carbocycles. The summed E-state index contributed by atoms with van der Waals surface area (Å²) in [5, 5.41) is 0. The fourth-order valence-electron chi connectivity index (χ4n) is 3.37. The highest BCUT2D eigenvalue weighted by Crippen LogP contribution is 2.24. The van der Waals surface area contributed by atoms with Gasteiger partial charge >= 0.3 is 0 Å². The van der Waals surface area contributed by atoms with Crippen molar-refractivity contribution in [1.82, 2.24) is 9.80 Å². The molecule has 25 heavy (non-hydrogen) atoms. The van der Waals surface area contributed by atoms with Crippen LogP contribution in [-0.2, 0) is 6.54 Å². The van der Waals surface area contributed by atoms with Crippen LogP contribution in [0.3, 0.4) is 0 Å². The van der Waals surface area contributed by atoms with Gasteiger partial charge in [0.1, 0.15) is 17.4 Å². The molecule has 1 atom stereocenters. The average Bonchev–Trinajstić information content (AvgIpc) is 2.63. The number of ether oxygens (including phenoxy) is 1. The van der Waals surface area contributed by atoms with Gasteiger partial charge in [0.25, 0.3) is 0 Å². The molecule has 3 rings (SSSR count). The summed E-state index contributed by atoms with van der Waals surface area (Å²) in [7, 11) is 1.61. The number of benzene rings is 2. The minimum atomic E-state index is -0.237. The first kappa shape index (κ1) is 17.8. The van der Waals surface area contributed by atoms with Crippen LogP contribution in [-0.4, -0.2) is 43.1 Å². The molecule has 0 radical (unpaired) electrons. The van der Waals surface area contributed by atoms with Crippen molar-refractivity contribution in [3.8, 4) is 5.75 Å². The molecule has 0 N–H and O–H groups in total. The molecular weight excluding hydrogens is 322 g/mol. The molecule has 1 unspecified atom stereocenters. The van der Waals surface area contributed by atoms with Gasteiger partial charge in [-0.15, -0.1) is 0 Å². The van der Waals surface area contributed by atoms with Gasteiger partial charge in [0, 0.05) is 44.3 Å². The maximum Gasteiger partial charge on any atom is 0.123 e. The summed E-state index contributed by atoms with van der Waals surface area (Å²) in [6.07, 6.45) is 0. The van der Waals surface area contributed by atoms with E-state index in [1.807, 2.05) is 12.1 Å². The first-order valence-electron chi connectivity index (χ1n) is 8.61. The molecule has 1 fully saturated rings. The molecular formula is C20H24F2N2O. The maximum absolute atomic E-state index is 13.5. The van der Waals surface area contributed by atoms with Crippen LogP contribution in [0.2, 0.25) is 0 Å². The van der Waals surface area contributed by atoms with E-state index in [0.717, 1.165) is 43.1 Å². The van der Waals surface area contributed by atoms with Gasteiger partial charge in [-0.25, -0.2) is 8.78 Å². The quantitative estimate of drug-likeness (QED) is 0.818. The predicted octanol–water partition coefficient (Wildman–Crippen LogP) is 3.85. The van der Waals surface area contributed by atoms with E-state index in [4.69, 9.17) is 4.74 Å². The lowest BCUT2D eigenvalue weighted by Crippen LogP contribution is -2.46. The van der Waals surface area contributed by atoms with Crippen LogP contribution >= 0.6 is 0 Å². The van der Waals surface area contributed by atoms with Gasteiger partial charge in [0.2, 0.25) is 0 Å². The molecule has 0 aromatic heterocycles. The van der Waals surface area contributed by atoms with Crippen LogP contribution in [0.5, 0.6) is 5.75 Å². The lowest BCUT2D eigenvalue weighted by atomic mass is 10.1. The summed E-state index contributed by atoms with van der Waals surface area (Å²) in [4.78, 5) is 4.71. The second kappa shape index (κ2) is 7.93. The monoisotopic (exact) mass is 346 g/mol. The number of halogens is 2. The predicted molar refractivity (Wildman–Crippen MR) is 94.6 cm³/mol. The van der Waals surface area contributed by atoms with Crippen molar-refractivity contribution in [3.63, 3.8) is 0 Å². The smallest absolute Gasteiger partial charge is 0.123 e. The average molecular weight is 346 g/mol. The Morgan fingerprint density at radius 2 is 1.60 bits per heavy atom. The van der Waals surface area contributed by atoms with Crippen molar-refractivity contribution in [1.29, 1.82) is 0 Å². The molecule has 1 heterocycles. The Morgan fingerprint density at radius 3 is 2.24 bits per heavy atom. The molecule has 1 aliphatic heterocycles. The number of rotatable bonds is 5. The van der Waals surface area contributed by atoms with E-state index in [1.165, 1.54) is 18.2 Å². The highest BCUT2D eigenvalue weighted by atomic mass is 19.1. The summed E-state index contributed by atoms with van der Waals surface area (Å²) in [5.74, 6) is 0.285. The van der Waals surface area contributed by atoms with Gasteiger partial charge < -0.3 is 4.74 Å². The fraction of sp³-hybridized carbons (Fsp3) is 0.400. The van der Waals surface area contributed by atoms with Crippen LogP contribution in [0, 0.1) is 11.6 Å². The van der Waals surface area contributed by atoms with Gasteiger partial charge in [-0.1, -0.05) is 12.1 Å². The Kier molecular flexibility index (Phi) is 5.66. The third-order valence-corrected chi connectivity index (χ3v) is 4.94. The van der Waals surface area contributed by atoms with E-state index >= 15 is 0 Å². The number of nitrogens with zero attached hydrogens (tertiary/aromatic N) is 2. The molecule has 0 spiro atoms. The van der Waals surface area contributed by atoms with Gasteiger partial charge in [0.05, 0.1) is 7.11 Å². The third-order valence-electron chi connectivity index (χ3n) is 4.94. The van der Waals surface area contributed by atoms with E-state index in [9.17, 15) is 8.78 Å². The van der Waals surface area contributed by atoms with E-state index < -0.39 is 0 Å². The summed E-state index contributed by atoms with van der Waals surface area (Å²) in [5.41, 5.74) is 2.00.